The summed E-state index contributed by atoms with van der Waals surface area (Å²) in [6, 6.07) is 8.27. The molecule has 0 unspecified atom stereocenters. The van der Waals surface area contributed by atoms with Gasteiger partial charge in [-0.25, -0.2) is 0 Å². The van der Waals surface area contributed by atoms with E-state index in [1.54, 1.807) is 5.57 Å². The number of hydrogen-bond acceptors (Lipinski definition) is 1. The van der Waals surface area contributed by atoms with Crippen molar-refractivity contribution in [2.45, 2.75) is 39.5 Å². The molecule has 86 valence electrons. The predicted octanol–water partition coefficient (Wildman–Crippen LogP) is 4.25. The summed E-state index contributed by atoms with van der Waals surface area (Å²) in [5.74, 6) is 0.648. The summed E-state index contributed by atoms with van der Waals surface area (Å²) in [6.07, 6.45) is 5.09. The highest BCUT2D eigenvalue weighted by molar-refractivity contribution is 5.77. The molecule has 0 aromatic heterocycles. The van der Waals surface area contributed by atoms with Crippen molar-refractivity contribution >= 4 is 11.3 Å². The number of rotatable bonds is 2. The highest BCUT2D eigenvalue weighted by Gasteiger charge is 2.17. The van der Waals surface area contributed by atoms with Crippen LogP contribution in [0.4, 0.5) is 5.69 Å². The number of nitrogens with two attached hydrogens (primary N) is 1. The molecule has 0 aliphatic heterocycles. The summed E-state index contributed by atoms with van der Waals surface area (Å²) < 4.78 is 0. The molecule has 1 nitrogen and oxygen atoms in total. The van der Waals surface area contributed by atoms with Gasteiger partial charge in [0.15, 0.2) is 0 Å². The second kappa shape index (κ2) is 4.73. The van der Waals surface area contributed by atoms with Crippen LogP contribution in [0.25, 0.3) is 5.57 Å². The van der Waals surface area contributed by atoms with E-state index in [1.165, 1.54) is 36.8 Å². The first kappa shape index (κ1) is 11.3. The van der Waals surface area contributed by atoms with Crippen LogP contribution in [-0.4, -0.2) is 0 Å². The van der Waals surface area contributed by atoms with Gasteiger partial charge in [-0.3, -0.25) is 0 Å². The molecule has 0 heterocycles. The summed E-state index contributed by atoms with van der Waals surface area (Å²) in [7, 11) is 0. The molecule has 2 N–H and O–H groups in total. The Kier molecular flexibility index (Phi) is 3.33. The molecular formula is C15H21N. The zero-order valence-corrected chi connectivity index (χ0v) is 10.3. The first-order valence-electron chi connectivity index (χ1n) is 6.27. The van der Waals surface area contributed by atoms with E-state index >= 15 is 0 Å². The fourth-order valence-electron chi connectivity index (χ4n) is 2.65. The third-order valence-electron chi connectivity index (χ3n) is 3.49. The van der Waals surface area contributed by atoms with Gasteiger partial charge < -0.3 is 5.73 Å². The van der Waals surface area contributed by atoms with Gasteiger partial charge in [-0.05, 0) is 43.2 Å². The molecule has 0 bridgehead atoms. The molecule has 1 aliphatic rings. The van der Waals surface area contributed by atoms with Crippen molar-refractivity contribution in [2.24, 2.45) is 5.92 Å². The van der Waals surface area contributed by atoms with Crippen molar-refractivity contribution in [3.63, 3.8) is 0 Å². The van der Waals surface area contributed by atoms with Crippen LogP contribution in [0.5, 0.6) is 0 Å². The van der Waals surface area contributed by atoms with Gasteiger partial charge in [-0.2, -0.15) is 0 Å². The zero-order chi connectivity index (χ0) is 11.5. The number of allylic oxidation sites excluding steroid dienone is 2. The van der Waals surface area contributed by atoms with E-state index in [-0.39, 0.29) is 0 Å². The third-order valence-corrected chi connectivity index (χ3v) is 3.49. The lowest BCUT2D eigenvalue weighted by Gasteiger charge is -2.24. The minimum Gasteiger partial charge on any atom is -0.398 e. The van der Waals surface area contributed by atoms with Crippen LogP contribution in [0, 0.1) is 5.92 Å². The predicted molar refractivity (Wildman–Crippen MR) is 71.1 cm³/mol. The van der Waals surface area contributed by atoms with Gasteiger partial charge in [-0.15, -0.1) is 0 Å². The van der Waals surface area contributed by atoms with Gasteiger partial charge in [0.2, 0.25) is 0 Å². The highest BCUT2D eigenvalue weighted by atomic mass is 14.6. The SMILES string of the molecule is CC(C)C1=C(c2ccccc2N)CCCC1. The van der Waals surface area contributed by atoms with Crippen molar-refractivity contribution in [2.75, 3.05) is 5.73 Å². The average molecular weight is 215 g/mol. The van der Waals surface area contributed by atoms with Crippen molar-refractivity contribution in [3.05, 3.63) is 35.4 Å². The minimum atomic E-state index is 0.648. The molecule has 16 heavy (non-hydrogen) atoms. The largest absolute Gasteiger partial charge is 0.398 e. The second-order valence-corrected chi connectivity index (χ2v) is 4.95. The van der Waals surface area contributed by atoms with Crippen LogP contribution in [0.1, 0.15) is 45.1 Å². The van der Waals surface area contributed by atoms with E-state index in [0.29, 0.717) is 5.92 Å². The van der Waals surface area contributed by atoms with Gasteiger partial charge >= 0.3 is 0 Å². The Morgan fingerprint density at radius 1 is 1.06 bits per heavy atom. The maximum absolute atomic E-state index is 6.08. The van der Waals surface area contributed by atoms with Crippen molar-refractivity contribution in [1.29, 1.82) is 0 Å². The summed E-state index contributed by atoms with van der Waals surface area (Å²) >= 11 is 0. The van der Waals surface area contributed by atoms with Crippen LogP contribution in [-0.2, 0) is 0 Å². The summed E-state index contributed by atoms with van der Waals surface area (Å²) in [5, 5.41) is 0. The lowest BCUT2D eigenvalue weighted by atomic mass is 9.82. The molecule has 0 spiro atoms. The summed E-state index contributed by atoms with van der Waals surface area (Å²) in [6.45, 7) is 4.58. The number of hydrogen-bond donors (Lipinski definition) is 1. The van der Waals surface area contributed by atoms with Gasteiger partial charge in [0.1, 0.15) is 0 Å². The lowest BCUT2D eigenvalue weighted by molar-refractivity contribution is 0.631. The Balaban J connectivity index is 2.48. The van der Waals surface area contributed by atoms with E-state index in [0.717, 1.165) is 5.69 Å². The standard InChI is InChI=1S/C15H21N/c1-11(2)12-7-3-4-8-13(12)14-9-5-6-10-15(14)16/h5-6,9-11H,3-4,7-8,16H2,1-2H3. The monoisotopic (exact) mass is 215 g/mol. The first-order valence-corrected chi connectivity index (χ1v) is 6.27. The number of para-hydroxylation sites is 1. The van der Waals surface area contributed by atoms with E-state index in [1.807, 2.05) is 12.1 Å². The third kappa shape index (κ3) is 2.13. The number of anilines is 1. The molecule has 0 atom stereocenters. The van der Waals surface area contributed by atoms with Crippen LogP contribution in [0.15, 0.2) is 29.8 Å². The summed E-state index contributed by atoms with van der Waals surface area (Å²) in [5.41, 5.74) is 11.4. The molecule has 0 amide bonds. The second-order valence-electron chi connectivity index (χ2n) is 4.95. The average Bonchev–Trinajstić information content (AvgIpc) is 2.29. The van der Waals surface area contributed by atoms with Crippen LogP contribution in [0.2, 0.25) is 0 Å². The van der Waals surface area contributed by atoms with Gasteiger partial charge in [-0.1, -0.05) is 37.6 Å². The van der Waals surface area contributed by atoms with Crippen molar-refractivity contribution in [3.8, 4) is 0 Å². The van der Waals surface area contributed by atoms with Crippen LogP contribution in [0.3, 0.4) is 0 Å². The van der Waals surface area contributed by atoms with Crippen LogP contribution >= 0.6 is 0 Å². The maximum Gasteiger partial charge on any atom is 0.0390 e. The molecule has 0 fully saturated rings. The molecule has 0 saturated carbocycles. The highest BCUT2D eigenvalue weighted by Crippen LogP contribution is 2.37. The zero-order valence-electron chi connectivity index (χ0n) is 10.3. The Labute approximate surface area is 98.4 Å². The minimum absolute atomic E-state index is 0.648. The van der Waals surface area contributed by atoms with Crippen molar-refractivity contribution in [1.82, 2.24) is 0 Å². The number of benzene rings is 1. The molecule has 1 aromatic rings. The van der Waals surface area contributed by atoms with Crippen LogP contribution < -0.4 is 5.73 Å². The topological polar surface area (TPSA) is 26.0 Å². The fraction of sp³-hybridized carbons (Fsp3) is 0.467. The van der Waals surface area contributed by atoms with E-state index < -0.39 is 0 Å². The van der Waals surface area contributed by atoms with Crippen molar-refractivity contribution < 1.29 is 0 Å². The Morgan fingerprint density at radius 2 is 1.75 bits per heavy atom. The Bertz CT molecular complexity index is 402. The maximum atomic E-state index is 6.08. The summed E-state index contributed by atoms with van der Waals surface area (Å²) in [4.78, 5) is 0. The molecule has 1 heteroatoms. The number of nitrogen functional groups attached to an aromatic ring is 1. The van der Waals surface area contributed by atoms with E-state index in [2.05, 4.69) is 26.0 Å². The molecule has 0 radical (unpaired) electrons. The Hall–Kier alpha value is -1.24. The van der Waals surface area contributed by atoms with Gasteiger partial charge in [0, 0.05) is 11.3 Å². The molecule has 2 rings (SSSR count). The normalized spacial score (nSPS) is 16.9. The van der Waals surface area contributed by atoms with E-state index in [4.69, 9.17) is 5.73 Å². The smallest absolute Gasteiger partial charge is 0.0390 e. The molecule has 0 saturated heterocycles. The quantitative estimate of drug-likeness (QED) is 0.733. The molecule has 1 aromatic carbocycles. The molecular weight excluding hydrogens is 194 g/mol. The van der Waals surface area contributed by atoms with E-state index in [9.17, 15) is 0 Å². The first-order chi connectivity index (χ1) is 7.70. The lowest BCUT2D eigenvalue weighted by Crippen LogP contribution is -2.06. The fourth-order valence-corrected chi connectivity index (χ4v) is 2.65. The van der Waals surface area contributed by atoms with Gasteiger partial charge in [0.05, 0.1) is 0 Å². The van der Waals surface area contributed by atoms with Gasteiger partial charge in [0.25, 0.3) is 0 Å². The Morgan fingerprint density at radius 3 is 2.44 bits per heavy atom. The molecule has 1 aliphatic carbocycles.